The third-order valence-corrected chi connectivity index (χ3v) is 3.47. The van der Waals surface area contributed by atoms with Crippen LogP contribution in [0.2, 0.25) is 0 Å². The molecule has 5 heteroatoms. The van der Waals surface area contributed by atoms with E-state index in [-0.39, 0.29) is 12.5 Å². The lowest BCUT2D eigenvalue weighted by atomic mass is 10.1. The summed E-state index contributed by atoms with van der Waals surface area (Å²) in [7, 11) is 1.76. The van der Waals surface area contributed by atoms with Gasteiger partial charge in [0, 0.05) is 30.0 Å². The predicted molar refractivity (Wildman–Crippen MR) is 82.9 cm³/mol. The number of hydrogen-bond acceptors (Lipinski definition) is 4. The number of carbonyl (C=O) groups is 1. The maximum atomic E-state index is 12.3. The lowest BCUT2D eigenvalue weighted by molar-refractivity contribution is 0.0783. The maximum absolute atomic E-state index is 12.3. The molecule has 0 aliphatic rings. The van der Waals surface area contributed by atoms with Crippen LogP contribution in [-0.4, -0.2) is 34.6 Å². The monoisotopic (exact) mass is 300 g/mol. The minimum Gasteiger partial charge on any atom is -0.395 e. The summed E-state index contributed by atoms with van der Waals surface area (Å²) in [5.74, 6) is 5.74. The summed E-state index contributed by atoms with van der Waals surface area (Å²) < 4.78 is 0. The molecule has 0 spiro atoms. The van der Waals surface area contributed by atoms with E-state index in [1.807, 2.05) is 17.5 Å². The van der Waals surface area contributed by atoms with Crippen molar-refractivity contribution in [2.24, 2.45) is 0 Å². The third kappa shape index (κ3) is 4.42. The van der Waals surface area contributed by atoms with Crippen LogP contribution in [0.3, 0.4) is 0 Å². The zero-order valence-corrected chi connectivity index (χ0v) is 12.6. The van der Waals surface area contributed by atoms with Gasteiger partial charge in [-0.3, -0.25) is 4.79 Å². The minimum absolute atomic E-state index is 0.0436. The maximum Gasteiger partial charge on any atom is 0.253 e. The van der Waals surface area contributed by atoms with E-state index in [0.29, 0.717) is 18.5 Å². The molecule has 0 unspecified atom stereocenters. The highest BCUT2D eigenvalue weighted by Gasteiger charge is 2.12. The van der Waals surface area contributed by atoms with Crippen LogP contribution in [0.15, 0.2) is 35.2 Å². The Hall–Kier alpha value is -2.16. The van der Waals surface area contributed by atoms with Crippen LogP contribution in [0.1, 0.15) is 28.0 Å². The quantitative estimate of drug-likeness (QED) is 0.880. The van der Waals surface area contributed by atoms with Gasteiger partial charge in [-0.15, -0.1) is 11.3 Å². The number of rotatable bonds is 4. The Bertz CT molecular complexity index is 639. The first-order valence-electron chi connectivity index (χ1n) is 6.53. The Morgan fingerprint density at radius 3 is 2.76 bits per heavy atom. The van der Waals surface area contributed by atoms with Gasteiger partial charge in [0.25, 0.3) is 5.91 Å². The Kier molecular flexibility index (Phi) is 5.50. The summed E-state index contributed by atoms with van der Waals surface area (Å²) in [6, 6.07) is 7.16. The SMILES string of the molecule is CN(Cc1cscn1)C(=O)c1ccc(C#CCCO)cc1. The molecule has 2 rings (SSSR count). The molecule has 1 amide bonds. The number of amides is 1. The molecule has 0 saturated heterocycles. The number of benzene rings is 1. The van der Waals surface area contributed by atoms with Gasteiger partial charge in [0.1, 0.15) is 0 Å². The van der Waals surface area contributed by atoms with Gasteiger partial charge in [-0.1, -0.05) is 11.8 Å². The molecule has 0 atom stereocenters. The van der Waals surface area contributed by atoms with Crippen molar-refractivity contribution < 1.29 is 9.90 Å². The van der Waals surface area contributed by atoms with Crippen molar-refractivity contribution in [1.82, 2.24) is 9.88 Å². The van der Waals surface area contributed by atoms with E-state index in [9.17, 15) is 4.79 Å². The fourth-order valence-electron chi connectivity index (χ4n) is 1.77. The number of aliphatic hydroxyl groups excluding tert-OH is 1. The van der Waals surface area contributed by atoms with Crippen molar-refractivity contribution in [3.63, 3.8) is 0 Å². The Morgan fingerprint density at radius 1 is 1.38 bits per heavy atom. The molecule has 108 valence electrons. The lowest BCUT2D eigenvalue weighted by Gasteiger charge is -2.15. The fraction of sp³-hybridized carbons (Fsp3) is 0.250. The molecule has 1 aromatic heterocycles. The Balaban J connectivity index is 2.01. The molecule has 0 aliphatic carbocycles. The Morgan fingerprint density at radius 2 is 2.14 bits per heavy atom. The molecule has 2 aromatic rings. The highest BCUT2D eigenvalue weighted by atomic mass is 32.1. The summed E-state index contributed by atoms with van der Waals surface area (Å²) in [5.41, 5.74) is 4.11. The predicted octanol–water partition coefficient (Wildman–Crippen LogP) is 2.15. The number of aromatic nitrogens is 1. The average molecular weight is 300 g/mol. The van der Waals surface area contributed by atoms with Crippen molar-refractivity contribution in [3.05, 3.63) is 52.0 Å². The van der Waals surface area contributed by atoms with Gasteiger partial charge in [-0.2, -0.15) is 0 Å². The second-order valence-corrected chi connectivity index (χ2v) is 5.21. The molecule has 0 fully saturated rings. The topological polar surface area (TPSA) is 53.4 Å². The van der Waals surface area contributed by atoms with E-state index in [1.165, 1.54) is 11.3 Å². The van der Waals surface area contributed by atoms with Crippen LogP contribution in [0, 0.1) is 11.8 Å². The molecule has 1 N–H and O–H groups in total. The van der Waals surface area contributed by atoms with E-state index in [4.69, 9.17) is 5.11 Å². The minimum atomic E-state index is -0.0436. The van der Waals surface area contributed by atoms with Gasteiger partial charge in [0.05, 0.1) is 24.4 Å². The number of hydrogen-bond donors (Lipinski definition) is 1. The summed E-state index contributed by atoms with van der Waals surface area (Å²) >= 11 is 1.52. The molecule has 0 radical (unpaired) electrons. The first kappa shape index (κ1) is 15.2. The van der Waals surface area contributed by atoms with Crippen LogP contribution < -0.4 is 0 Å². The molecule has 0 saturated carbocycles. The highest BCUT2D eigenvalue weighted by molar-refractivity contribution is 7.07. The van der Waals surface area contributed by atoms with E-state index in [2.05, 4.69) is 16.8 Å². The summed E-state index contributed by atoms with van der Waals surface area (Å²) in [6.45, 7) is 0.561. The molecule has 21 heavy (non-hydrogen) atoms. The number of aliphatic hydroxyl groups is 1. The van der Waals surface area contributed by atoms with Crippen LogP contribution in [0.4, 0.5) is 0 Å². The van der Waals surface area contributed by atoms with Gasteiger partial charge in [-0.05, 0) is 24.3 Å². The highest BCUT2D eigenvalue weighted by Crippen LogP contribution is 2.10. The summed E-state index contributed by atoms with van der Waals surface area (Å²) in [5, 5.41) is 10.6. The van der Waals surface area contributed by atoms with E-state index < -0.39 is 0 Å². The van der Waals surface area contributed by atoms with E-state index in [0.717, 1.165) is 11.3 Å². The fourth-order valence-corrected chi connectivity index (χ4v) is 2.32. The largest absolute Gasteiger partial charge is 0.395 e. The van der Waals surface area contributed by atoms with E-state index in [1.54, 1.807) is 29.6 Å². The lowest BCUT2D eigenvalue weighted by Crippen LogP contribution is -2.26. The van der Waals surface area contributed by atoms with Crippen molar-refractivity contribution >= 4 is 17.2 Å². The zero-order valence-electron chi connectivity index (χ0n) is 11.7. The molecule has 0 aliphatic heterocycles. The first-order chi connectivity index (χ1) is 10.2. The smallest absolute Gasteiger partial charge is 0.253 e. The molecule has 4 nitrogen and oxygen atoms in total. The number of thiazole rings is 1. The zero-order chi connectivity index (χ0) is 15.1. The van der Waals surface area contributed by atoms with Gasteiger partial charge in [-0.25, -0.2) is 4.98 Å². The standard InChI is InChI=1S/C16H16N2O2S/c1-18(10-15-11-21-12-17-15)16(20)14-7-5-13(6-8-14)4-2-3-9-19/h5-8,11-12,19H,3,9-10H2,1H3. The molecule has 0 bridgehead atoms. The van der Waals surface area contributed by atoms with Crippen LogP contribution in [0.25, 0.3) is 0 Å². The van der Waals surface area contributed by atoms with E-state index >= 15 is 0 Å². The van der Waals surface area contributed by atoms with Crippen LogP contribution >= 0.6 is 11.3 Å². The third-order valence-electron chi connectivity index (χ3n) is 2.83. The van der Waals surface area contributed by atoms with Gasteiger partial charge in [0.15, 0.2) is 0 Å². The van der Waals surface area contributed by atoms with Gasteiger partial charge < -0.3 is 10.0 Å². The van der Waals surface area contributed by atoms with Crippen molar-refractivity contribution in [3.8, 4) is 11.8 Å². The second kappa shape index (κ2) is 7.58. The summed E-state index contributed by atoms with van der Waals surface area (Å²) in [4.78, 5) is 18.1. The average Bonchev–Trinajstić information content (AvgIpc) is 3.00. The van der Waals surface area contributed by atoms with Crippen molar-refractivity contribution in [1.29, 1.82) is 0 Å². The normalized spacial score (nSPS) is 9.81. The molecule has 1 aromatic carbocycles. The summed E-state index contributed by atoms with van der Waals surface area (Å²) in [6.07, 6.45) is 0.455. The first-order valence-corrected chi connectivity index (χ1v) is 7.47. The van der Waals surface area contributed by atoms with Crippen molar-refractivity contribution in [2.75, 3.05) is 13.7 Å². The van der Waals surface area contributed by atoms with Gasteiger partial charge >= 0.3 is 0 Å². The van der Waals surface area contributed by atoms with Crippen LogP contribution in [-0.2, 0) is 6.54 Å². The molecular weight excluding hydrogens is 284 g/mol. The van der Waals surface area contributed by atoms with Gasteiger partial charge in [0.2, 0.25) is 0 Å². The molecular formula is C16H16N2O2S. The second-order valence-electron chi connectivity index (χ2n) is 4.49. The number of nitrogens with zero attached hydrogens (tertiary/aromatic N) is 2. The van der Waals surface area contributed by atoms with Crippen LogP contribution in [0.5, 0.6) is 0 Å². The van der Waals surface area contributed by atoms with Crippen molar-refractivity contribution in [2.45, 2.75) is 13.0 Å². The Labute approximate surface area is 128 Å². The molecule has 1 heterocycles. The number of carbonyl (C=O) groups excluding carboxylic acids is 1.